The monoisotopic (exact) mass is 455 g/mol. The molecule has 0 aliphatic heterocycles. The number of aryl methyl sites for hydroxylation is 1. The molecule has 0 aromatic carbocycles. The lowest BCUT2D eigenvalue weighted by molar-refractivity contribution is 0.120. The number of hydrogen-bond acceptors (Lipinski definition) is 2. The zero-order chi connectivity index (χ0) is 23.3. The molecule has 2 fully saturated rings. The van der Waals surface area contributed by atoms with E-state index in [1.807, 2.05) is 6.20 Å². The molecule has 188 valence electrons. The molecule has 0 saturated heterocycles. The predicted molar refractivity (Wildman–Crippen MR) is 142 cm³/mol. The smallest absolute Gasteiger partial charge is 0.137 e. The SMILES string of the molecule is CCCCCOc1ccc(CCC2CCC(C(C)C3CCC(CCCCC)CC3)CC2)nc1. The summed E-state index contributed by atoms with van der Waals surface area (Å²) in [6.07, 6.45) is 25.7. The van der Waals surface area contributed by atoms with Crippen LogP contribution in [0.3, 0.4) is 0 Å². The van der Waals surface area contributed by atoms with E-state index in [0.717, 1.165) is 54.8 Å². The third-order valence-corrected chi connectivity index (χ3v) is 9.11. The van der Waals surface area contributed by atoms with Crippen LogP contribution in [0, 0.1) is 29.6 Å². The minimum atomic E-state index is 0.816. The lowest BCUT2D eigenvalue weighted by atomic mass is 9.67. The molecule has 1 aromatic rings. The van der Waals surface area contributed by atoms with Gasteiger partial charge in [-0.3, -0.25) is 4.98 Å². The van der Waals surface area contributed by atoms with Gasteiger partial charge in [0.25, 0.3) is 0 Å². The van der Waals surface area contributed by atoms with Gasteiger partial charge < -0.3 is 4.74 Å². The standard InChI is InChI=1S/C31H53NO/c1-4-6-8-10-26-11-16-28(17-12-26)25(3)29-18-13-27(14-19-29)15-20-30-21-22-31(24-32-30)33-23-9-7-5-2/h21-22,24-29H,4-20,23H2,1-3H3. The van der Waals surface area contributed by atoms with Crippen LogP contribution in [0.5, 0.6) is 5.75 Å². The fourth-order valence-corrected chi connectivity index (χ4v) is 6.61. The molecule has 2 aliphatic carbocycles. The molecule has 0 spiro atoms. The molecule has 0 N–H and O–H groups in total. The number of rotatable bonds is 14. The van der Waals surface area contributed by atoms with E-state index < -0.39 is 0 Å². The second-order valence-electron chi connectivity index (χ2n) is 11.5. The average molecular weight is 456 g/mol. The van der Waals surface area contributed by atoms with Crippen LogP contribution in [0.25, 0.3) is 0 Å². The average Bonchev–Trinajstić information content (AvgIpc) is 2.86. The van der Waals surface area contributed by atoms with Crippen molar-refractivity contribution in [1.29, 1.82) is 0 Å². The normalized spacial score (nSPS) is 26.8. The molecule has 1 heterocycles. The van der Waals surface area contributed by atoms with E-state index in [-0.39, 0.29) is 0 Å². The maximum Gasteiger partial charge on any atom is 0.137 e. The van der Waals surface area contributed by atoms with Crippen LogP contribution in [-0.2, 0) is 6.42 Å². The maximum atomic E-state index is 5.81. The minimum absolute atomic E-state index is 0.816. The van der Waals surface area contributed by atoms with Crippen molar-refractivity contribution in [2.24, 2.45) is 29.6 Å². The number of ether oxygens (including phenoxy) is 1. The molecule has 3 rings (SSSR count). The summed E-state index contributed by atoms with van der Waals surface area (Å²) in [6.45, 7) is 7.97. The van der Waals surface area contributed by atoms with Crippen molar-refractivity contribution in [3.63, 3.8) is 0 Å². The minimum Gasteiger partial charge on any atom is -0.492 e. The second-order valence-corrected chi connectivity index (χ2v) is 11.5. The summed E-state index contributed by atoms with van der Waals surface area (Å²) in [5, 5.41) is 0. The Kier molecular flexibility index (Phi) is 12.1. The van der Waals surface area contributed by atoms with E-state index in [9.17, 15) is 0 Å². The van der Waals surface area contributed by atoms with Gasteiger partial charge in [0.1, 0.15) is 5.75 Å². The van der Waals surface area contributed by atoms with Gasteiger partial charge in [-0.05, 0) is 86.7 Å². The van der Waals surface area contributed by atoms with Crippen LogP contribution in [-0.4, -0.2) is 11.6 Å². The first-order valence-corrected chi connectivity index (χ1v) is 14.8. The van der Waals surface area contributed by atoms with Gasteiger partial charge in [-0.25, -0.2) is 0 Å². The van der Waals surface area contributed by atoms with Gasteiger partial charge in [-0.1, -0.05) is 85.0 Å². The first-order chi connectivity index (χ1) is 16.2. The van der Waals surface area contributed by atoms with Crippen molar-refractivity contribution in [3.05, 3.63) is 24.0 Å². The molecule has 2 aliphatic rings. The summed E-state index contributed by atoms with van der Waals surface area (Å²) >= 11 is 0. The first kappa shape index (κ1) is 26.6. The molecule has 2 heteroatoms. The van der Waals surface area contributed by atoms with Gasteiger partial charge in [0, 0.05) is 5.69 Å². The lowest BCUT2D eigenvalue weighted by Gasteiger charge is -2.39. The Bertz CT molecular complexity index is 610. The summed E-state index contributed by atoms with van der Waals surface area (Å²) < 4.78 is 5.81. The fourth-order valence-electron chi connectivity index (χ4n) is 6.61. The van der Waals surface area contributed by atoms with Gasteiger partial charge in [0.05, 0.1) is 12.8 Å². The third kappa shape index (κ3) is 9.25. The van der Waals surface area contributed by atoms with Gasteiger partial charge in [-0.15, -0.1) is 0 Å². The quantitative estimate of drug-likeness (QED) is 0.261. The summed E-state index contributed by atoms with van der Waals surface area (Å²) in [5.41, 5.74) is 1.24. The van der Waals surface area contributed by atoms with Crippen LogP contribution in [0.15, 0.2) is 18.3 Å². The predicted octanol–water partition coefficient (Wildman–Crippen LogP) is 9.41. The van der Waals surface area contributed by atoms with Gasteiger partial charge in [0.2, 0.25) is 0 Å². The van der Waals surface area contributed by atoms with Crippen molar-refractivity contribution >= 4 is 0 Å². The van der Waals surface area contributed by atoms with Crippen LogP contribution in [0.4, 0.5) is 0 Å². The van der Waals surface area contributed by atoms with E-state index >= 15 is 0 Å². The van der Waals surface area contributed by atoms with Gasteiger partial charge in [-0.2, -0.15) is 0 Å². The first-order valence-electron chi connectivity index (χ1n) is 14.8. The Morgan fingerprint density at radius 2 is 1.39 bits per heavy atom. The van der Waals surface area contributed by atoms with Crippen LogP contribution in [0.2, 0.25) is 0 Å². The Morgan fingerprint density at radius 3 is 1.97 bits per heavy atom. The number of nitrogens with zero attached hydrogens (tertiary/aromatic N) is 1. The molecule has 1 unspecified atom stereocenters. The third-order valence-electron chi connectivity index (χ3n) is 9.11. The highest BCUT2D eigenvalue weighted by Gasteiger charge is 2.32. The highest BCUT2D eigenvalue weighted by Crippen LogP contribution is 2.43. The number of pyridine rings is 1. The summed E-state index contributed by atoms with van der Waals surface area (Å²) in [5.74, 6) is 5.85. The van der Waals surface area contributed by atoms with Crippen molar-refractivity contribution in [3.8, 4) is 5.75 Å². The molecular formula is C31H53NO. The van der Waals surface area contributed by atoms with Crippen molar-refractivity contribution in [2.75, 3.05) is 6.61 Å². The van der Waals surface area contributed by atoms with Crippen molar-refractivity contribution in [2.45, 2.75) is 130 Å². The summed E-state index contributed by atoms with van der Waals surface area (Å²) in [6, 6.07) is 4.30. The number of unbranched alkanes of at least 4 members (excludes halogenated alkanes) is 4. The van der Waals surface area contributed by atoms with Crippen LogP contribution < -0.4 is 4.74 Å². The summed E-state index contributed by atoms with van der Waals surface area (Å²) in [7, 11) is 0. The Labute approximate surface area is 205 Å². The van der Waals surface area contributed by atoms with E-state index in [4.69, 9.17) is 4.74 Å². The molecule has 2 saturated carbocycles. The van der Waals surface area contributed by atoms with Gasteiger partial charge >= 0.3 is 0 Å². The lowest BCUT2D eigenvalue weighted by Crippen LogP contribution is -2.28. The molecule has 1 aromatic heterocycles. The Morgan fingerprint density at radius 1 is 0.788 bits per heavy atom. The molecule has 0 radical (unpaired) electrons. The molecule has 1 atom stereocenters. The molecular weight excluding hydrogens is 402 g/mol. The van der Waals surface area contributed by atoms with Crippen molar-refractivity contribution < 1.29 is 4.74 Å². The van der Waals surface area contributed by atoms with Crippen LogP contribution in [0.1, 0.15) is 129 Å². The van der Waals surface area contributed by atoms with E-state index in [1.165, 1.54) is 102 Å². The molecule has 33 heavy (non-hydrogen) atoms. The Balaban J connectivity index is 1.30. The topological polar surface area (TPSA) is 22.1 Å². The number of aromatic nitrogens is 1. The van der Waals surface area contributed by atoms with Crippen LogP contribution >= 0.6 is 0 Å². The second kappa shape index (κ2) is 15.0. The zero-order valence-corrected chi connectivity index (χ0v) is 22.2. The Hall–Kier alpha value is -1.05. The number of hydrogen-bond donors (Lipinski definition) is 0. The highest BCUT2D eigenvalue weighted by atomic mass is 16.5. The highest BCUT2D eigenvalue weighted by molar-refractivity contribution is 5.19. The fraction of sp³-hybridized carbons (Fsp3) is 0.839. The molecule has 0 bridgehead atoms. The van der Waals surface area contributed by atoms with E-state index in [1.54, 1.807) is 0 Å². The maximum absolute atomic E-state index is 5.81. The van der Waals surface area contributed by atoms with E-state index in [0.29, 0.717) is 0 Å². The van der Waals surface area contributed by atoms with Gasteiger partial charge in [0.15, 0.2) is 0 Å². The largest absolute Gasteiger partial charge is 0.492 e. The molecule has 2 nitrogen and oxygen atoms in total. The van der Waals surface area contributed by atoms with E-state index in [2.05, 4.69) is 37.9 Å². The van der Waals surface area contributed by atoms with Crippen molar-refractivity contribution in [1.82, 2.24) is 4.98 Å². The summed E-state index contributed by atoms with van der Waals surface area (Å²) in [4.78, 5) is 4.67. The zero-order valence-electron chi connectivity index (χ0n) is 22.2. The molecule has 0 amide bonds.